The van der Waals surface area contributed by atoms with Gasteiger partial charge in [-0.1, -0.05) is 5.21 Å². The first-order chi connectivity index (χ1) is 8.65. The van der Waals surface area contributed by atoms with Crippen molar-refractivity contribution >= 4 is 0 Å². The van der Waals surface area contributed by atoms with Crippen molar-refractivity contribution in [2.24, 2.45) is 0 Å². The molecule has 1 aromatic rings. The largest absolute Gasteiger partial charge is 0.385 e. The van der Waals surface area contributed by atoms with Crippen LogP contribution in [0.25, 0.3) is 0 Å². The molecule has 0 saturated heterocycles. The molecule has 0 radical (unpaired) electrons. The van der Waals surface area contributed by atoms with Gasteiger partial charge in [0.1, 0.15) is 5.69 Å². The number of nitriles is 1. The van der Waals surface area contributed by atoms with E-state index in [-0.39, 0.29) is 18.6 Å². The normalized spacial score (nSPS) is 14.2. The highest BCUT2D eigenvalue weighted by molar-refractivity contribution is 5.17. The minimum atomic E-state index is -0.131. The first-order valence-electron chi connectivity index (χ1n) is 5.98. The first kappa shape index (κ1) is 14.6. The van der Waals surface area contributed by atoms with Crippen molar-refractivity contribution in [1.82, 2.24) is 15.0 Å². The molecule has 6 heteroatoms. The fraction of sp³-hybridized carbons (Fsp3) is 0.750. The van der Waals surface area contributed by atoms with E-state index in [2.05, 4.69) is 23.3 Å². The summed E-state index contributed by atoms with van der Waals surface area (Å²) in [6, 6.07) is 2.27. The summed E-state index contributed by atoms with van der Waals surface area (Å²) in [5.74, 6) is 0. The van der Waals surface area contributed by atoms with Crippen LogP contribution >= 0.6 is 0 Å². The van der Waals surface area contributed by atoms with E-state index in [4.69, 9.17) is 14.7 Å². The minimum absolute atomic E-state index is 0.131. The van der Waals surface area contributed by atoms with Crippen molar-refractivity contribution in [2.45, 2.75) is 38.8 Å². The average molecular weight is 252 g/mol. The molecule has 0 aromatic carbocycles. The lowest BCUT2D eigenvalue weighted by Gasteiger charge is -2.18. The molecule has 0 bridgehead atoms. The zero-order valence-electron chi connectivity index (χ0n) is 11.4. The van der Waals surface area contributed by atoms with Gasteiger partial charge in [0.25, 0.3) is 0 Å². The molecule has 1 aromatic heterocycles. The van der Waals surface area contributed by atoms with E-state index in [1.165, 1.54) is 0 Å². The third-order valence-electron chi connectivity index (χ3n) is 2.95. The van der Waals surface area contributed by atoms with Crippen LogP contribution in [0.4, 0.5) is 0 Å². The van der Waals surface area contributed by atoms with E-state index in [0.717, 1.165) is 12.1 Å². The Balaban J connectivity index is 3.00. The molecule has 0 saturated carbocycles. The molecule has 6 nitrogen and oxygen atoms in total. The zero-order valence-corrected chi connectivity index (χ0v) is 11.4. The Labute approximate surface area is 107 Å². The molecule has 0 aliphatic heterocycles. The number of hydrogen-bond acceptors (Lipinski definition) is 5. The minimum Gasteiger partial charge on any atom is -0.385 e. The molecule has 1 rings (SSSR count). The van der Waals surface area contributed by atoms with Crippen molar-refractivity contribution in [2.75, 3.05) is 20.8 Å². The van der Waals surface area contributed by atoms with Crippen LogP contribution in [0.1, 0.15) is 43.8 Å². The second-order valence-corrected chi connectivity index (χ2v) is 4.21. The summed E-state index contributed by atoms with van der Waals surface area (Å²) < 4.78 is 12.2. The molecule has 100 valence electrons. The van der Waals surface area contributed by atoms with Gasteiger partial charge in [0.15, 0.2) is 0 Å². The van der Waals surface area contributed by atoms with E-state index < -0.39 is 0 Å². The van der Waals surface area contributed by atoms with E-state index in [1.807, 2.05) is 11.6 Å². The van der Waals surface area contributed by atoms with E-state index >= 15 is 0 Å². The number of methoxy groups -OCH3 is 2. The quantitative estimate of drug-likeness (QED) is 0.737. The van der Waals surface area contributed by atoms with E-state index in [9.17, 15) is 0 Å². The summed E-state index contributed by atoms with van der Waals surface area (Å²) in [7, 11) is 3.31. The summed E-state index contributed by atoms with van der Waals surface area (Å²) in [4.78, 5) is 0. The van der Waals surface area contributed by atoms with Gasteiger partial charge in [-0.05, 0) is 20.3 Å². The Bertz CT molecular complexity index is 411. The number of aromatic nitrogens is 3. The summed E-state index contributed by atoms with van der Waals surface area (Å²) in [6.45, 7) is 4.64. The van der Waals surface area contributed by atoms with Crippen LogP contribution in [0.5, 0.6) is 0 Å². The maximum absolute atomic E-state index is 8.80. The predicted molar refractivity (Wildman–Crippen MR) is 66.0 cm³/mol. The Morgan fingerprint density at radius 2 is 2.11 bits per heavy atom. The van der Waals surface area contributed by atoms with Crippen molar-refractivity contribution in [3.8, 4) is 6.07 Å². The lowest BCUT2D eigenvalue weighted by atomic mass is 10.1. The summed E-state index contributed by atoms with van der Waals surface area (Å²) in [6.07, 6.45) is 0.961. The second kappa shape index (κ2) is 7.09. The number of hydrogen-bond donors (Lipinski definition) is 0. The topological polar surface area (TPSA) is 73.0 Å². The number of ether oxygens (including phenoxy) is 2. The predicted octanol–water partition coefficient (Wildman–Crippen LogP) is 1.65. The Morgan fingerprint density at radius 1 is 1.39 bits per heavy atom. The molecule has 2 unspecified atom stereocenters. The molecular formula is C12H20N4O2. The van der Waals surface area contributed by atoms with Crippen LogP contribution < -0.4 is 0 Å². The second-order valence-electron chi connectivity index (χ2n) is 4.21. The summed E-state index contributed by atoms with van der Waals surface area (Å²) in [5.41, 5.74) is 1.57. The van der Waals surface area contributed by atoms with Crippen molar-refractivity contribution in [3.05, 3.63) is 11.4 Å². The van der Waals surface area contributed by atoms with Gasteiger partial charge in [0.05, 0.1) is 30.3 Å². The summed E-state index contributed by atoms with van der Waals surface area (Å²) >= 11 is 0. The van der Waals surface area contributed by atoms with Gasteiger partial charge >= 0.3 is 0 Å². The highest BCUT2D eigenvalue weighted by atomic mass is 16.5. The van der Waals surface area contributed by atoms with Crippen LogP contribution in [-0.2, 0) is 15.9 Å². The van der Waals surface area contributed by atoms with Crippen molar-refractivity contribution < 1.29 is 9.47 Å². The zero-order chi connectivity index (χ0) is 13.5. The molecule has 0 amide bonds. The highest BCUT2D eigenvalue weighted by Crippen LogP contribution is 2.23. The lowest BCUT2D eigenvalue weighted by molar-refractivity contribution is 0.107. The third-order valence-corrected chi connectivity index (χ3v) is 2.95. The van der Waals surface area contributed by atoms with Crippen molar-refractivity contribution in [1.29, 1.82) is 5.26 Å². The van der Waals surface area contributed by atoms with Crippen LogP contribution in [0.3, 0.4) is 0 Å². The lowest BCUT2D eigenvalue weighted by Crippen LogP contribution is -2.16. The van der Waals surface area contributed by atoms with Crippen LogP contribution in [-0.4, -0.2) is 35.8 Å². The van der Waals surface area contributed by atoms with Gasteiger partial charge in [-0.15, -0.1) is 5.10 Å². The van der Waals surface area contributed by atoms with Crippen LogP contribution in [0.2, 0.25) is 0 Å². The van der Waals surface area contributed by atoms with Gasteiger partial charge in [0, 0.05) is 20.8 Å². The standard InChI is InChI=1S/C12H20N4O2/c1-9(6-8-17-3)16-12(10(2)18-4)11(5-7-13)14-15-16/h9-10H,5-6,8H2,1-4H3. The third kappa shape index (κ3) is 3.28. The fourth-order valence-electron chi connectivity index (χ4n) is 1.80. The molecule has 0 N–H and O–H groups in total. The Morgan fingerprint density at radius 3 is 2.67 bits per heavy atom. The number of nitrogens with zero attached hydrogens (tertiary/aromatic N) is 4. The van der Waals surface area contributed by atoms with Crippen LogP contribution in [0.15, 0.2) is 0 Å². The van der Waals surface area contributed by atoms with Gasteiger partial charge in [-0.3, -0.25) is 0 Å². The smallest absolute Gasteiger partial charge is 0.103 e. The highest BCUT2D eigenvalue weighted by Gasteiger charge is 2.21. The molecular weight excluding hydrogens is 232 g/mol. The Kier molecular flexibility index (Phi) is 5.75. The average Bonchev–Trinajstić information content (AvgIpc) is 2.79. The maximum atomic E-state index is 8.80. The monoisotopic (exact) mass is 252 g/mol. The van der Waals surface area contributed by atoms with Gasteiger partial charge in [-0.25, -0.2) is 4.68 Å². The molecule has 18 heavy (non-hydrogen) atoms. The van der Waals surface area contributed by atoms with E-state index in [1.54, 1.807) is 14.2 Å². The van der Waals surface area contributed by atoms with Crippen molar-refractivity contribution in [3.63, 3.8) is 0 Å². The fourth-order valence-corrected chi connectivity index (χ4v) is 1.80. The molecule has 0 aliphatic carbocycles. The van der Waals surface area contributed by atoms with Gasteiger partial charge < -0.3 is 9.47 Å². The molecule has 0 fully saturated rings. The molecule has 1 heterocycles. The Hall–Kier alpha value is -1.45. The van der Waals surface area contributed by atoms with E-state index in [0.29, 0.717) is 12.3 Å². The number of rotatable bonds is 7. The van der Waals surface area contributed by atoms with Crippen LogP contribution in [0, 0.1) is 11.3 Å². The van der Waals surface area contributed by atoms with Gasteiger partial charge in [-0.2, -0.15) is 5.26 Å². The first-order valence-corrected chi connectivity index (χ1v) is 5.98. The maximum Gasteiger partial charge on any atom is 0.103 e. The molecule has 2 atom stereocenters. The van der Waals surface area contributed by atoms with Gasteiger partial charge in [0.2, 0.25) is 0 Å². The molecule has 0 aliphatic rings. The summed E-state index contributed by atoms with van der Waals surface area (Å²) in [5, 5.41) is 17.0. The molecule has 0 spiro atoms. The SMILES string of the molecule is COCCC(C)n1nnc(CC#N)c1C(C)OC.